The van der Waals surface area contributed by atoms with Crippen LogP contribution in [-0.2, 0) is 14.3 Å². The second kappa shape index (κ2) is 12.3. The highest BCUT2D eigenvalue weighted by molar-refractivity contribution is 5.87. The lowest BCUT2D eigenvalue weighted by Gasteiger charge is -2.64. The summed E-state index contributed by atoms with van der Waals surface area (Å²) in [7, 11) is 0. The maximum atomic E-state index is 14.6. The van der Waals surface area contributed by atoms with Gasteiger partial charge < -0.3 is 4.74 Å². The number of allylic oxidation sites excluding steroid dienone is 1. The van der Waals surface area contributed by atoms with Crippen LogP contribution in [-0.4, -0.2) is 17.9 Å². The summed E-state index contributed by atoms with van der Waals surface area (Å²) in [5, 5.41) is 0. The zero-order valence-electron chi connectivity index (χ0n) is 27.9. The molecule has 4 saturated carbocycles. The van der Waals surface area contributed by atoms with Crippen molar-refractivity contribution >= 4 is 17.3 Å². The Morgan fingerprint density at radius 1 is 0.955 bits per heavy atom. The number of hydrogen-bond donors (Lipinski definition) is 0. The summed E-state index contributed by atoms with van der Waals surface area (Å²) in [6.45, 7) is 13.5. The predicted molar refractivity (Wildman–Crippen MR) is 179 cm³/mol. The van der Waals surface area contributed by atoms with E-state index in [1.54, 1.807) is 6.92 Å². The van der Waals surface area contributed by atoms with Crippen LogP contribution in [0, 0.1) is 58.2 Å². The molecule has 0 bridgehead atoms. The highest BCUT2D eigenvalue weighted by Crippen LogP contribution is 2.69. The first-order chi connectivity index (χ1) is 21.1. The summed E-state index contributed by atoms with van der Waals surface area (Å²) >= 11 is 0. The van der Waals surface area contributed by atoms with E-state index in [-0.39, 0.29) is 34.7 Å². The molecule has 2 aromatic rings. The van der Waals surface area contributed by atoms with Crippen LogP contribution in [0.1, 0.15) is 104 Å². The number of carbonyl (C=O) groups excluding carboxylic acids is 2. The number of carbonyl (C=O) groups is 2. The number of rotatable bonds is 7. The summed E-state index contributed by atoms with van der Waals surface area (Å²) in [5.41, 5.74) is 3.53. The van der Waals surface area contributed by atoms with Crippen LogP contribution in [0.4, 0.5) is 0 Å². The molecule has 0 saturated heterocycles. The Balaban J connectivity index is 1.33. The molecule has 44 heavy (non-hydrogen) atoms. The van der Waals surface area contributed by atoms with E-state index in [2.05, 4.69) is 101 Å². The second-order valence-corrected chi connectivity index (χ2v) is 15.6. The van der Waals surface area contributed by atoms with E-state index in [0.717, 1.165) is 25.7 Å². The monoisotopic (exact) mass is 594 g/mol. The summed E-state index contributed by atoms with van der Waals surface area (Å²) in [5.74, 6) is 3.52. The summed E-state index contributed by atoms with van der Waals surface area (Å²) in [6, 6.07) is 21.4. The molecule has 11 atom stereocenters. The van der Waals surface area contributed by atoms with Gasteiger partial charge in [-0.15, -0.1) is 0 Å². The molecule has 4 aliphatic carbocycles. The summed E-state index contributed by atoms with van der Waals surface area (Å²) in [4.78, 5) is 27.2. The van der Waals surface area contributed by atoms with Gasteiger partial charge in [-0.3, -0.25) is 9.59 Å². The third-order valence-electron chi connectivity index (χ3n) is 13.4. The Morgan fingerprint density at radius 2 is 1.59 bits per heavy atom. The van der Waals surface area contributed by atoms with Crippen molar-refractivity contribution in [1.82, 2.24) is 0 Å². The van der Waals surface area contributed by atoms with Crippen LogP contribution in [0.25, 0.3) is 5.57 Å². The molecule has 4 fully saturated rings. The van der Waals surface area contributed by atoms with Gasteiger partial charge in [0.1, 0.15) is 11.9 Å². The molecule has 0 radical (unpaired) electrons. The molecule has 4 aliphatic rings. The number of fused-ring (bicyclic) bond motifs is 5. The van der Waals surface area contributed by atoms with E-state index < -0.39 is 0 Å². The van der Waals surface area contributed by atoms with Gasteiger partial charge in [-0.1, -0.05) is 108 Å². The molecule has 0 heterocycles. The first-order valence-electron chi connectivity index (χ1n) is 17.6. The molecule has 0 amide bonds. The number of benzene rings is 2. The number of ketones is 1. The van der Waals surface area contributed by atoms with Crippen molar-refractivity contribution in [2.45, 2.75) is 99.0 Å². The third kappa shape index (κ3) is 5.21. The zero-order valence-corrected chi connectivity index (χ0v) is 27.9. The highest BCUT2D eigenvalue weighted by Gasteiger charge is 2.68. The molecule has 0 aromatic heterocycles. The molecule has 4 unspecified atom stereocenters. The van der Waals surface area contributed by atoms with Gasteiger partial charge in [0.25, 0.3) is 0 Å². The molecule has 3 heteroatoms. The Morgan fingerprint density at radius 3 is 2.18 bits per heavy atom. The standard InChI is InChI=1S/C41H54O3/c1-7-31-35-24-26(2)22-23-40(35,5)36-25-37(43)41(6)33(20-21-34(41)38(36)39(31)44-28(4)42)27(3)18-19-32(29-14-10-8-11-15-29)30-16-12-9-13-17-30/h8-17,19,26-27,31,33-36,38-39H,7,18,20-25H2,1-6H3/t26-,27-,31-,33-,34?,35+,36?,38?,39?,40+,41-/m1/s1. The van der Waals surface area contributed by atoms with Gasteiger partial charge >= 0.3 is 5.97 Å². The van der Waals surface area contributed by atoms with E-state index in [4.69, 9.17) is 4.74 Å². The van der Waals surface area contributed by atoms with Crippen LogP contribution in [0.3, 0.4) is 0 Å². The lowest BCUT2D eigenvalue weighted by Crippen LogP contribution is -2.64. The topological polar surface area (TPSA) is 43.4 Å². The lowest BCUT2D eigenvalue weighted by molar-refractivity contribution is -0.211. The van der Waals surface area contributed by atoms with Crippen molar-refractivity contribution in [2.24, 2.45) is 58.2 Å². The number of hydrogen-bond acceptors (Lipinski definition) is 3. The first-order valence-corrected chi connectivity index (χ1v) is 17.6. The van der Waals surface area contributed by atoms with Gasteiger partial charge in [0.05, 0.1) is 0 Å². The van der Waals surface area contributed by atoms with E-state index in [1.165, 1.54) is 36.0 Å². The zero-order chi connectivity index (χ0) is 31.2. The Hall–Kier alpha value is -2.68. The second-order valence-electron chi connectivity index (χ2n) is 15.6. The van der Waals surface area contributed by atoms with Gasteiger partial charge in [-0.05, 0) is 102 Å². The van der Waals surface area contributed by atoms with E-state index in [1.807, 2.05) is 0 Å². The van der Waals surface area contributed by atoms with Crippen LogP contribution >= 0.6 is 0 Å². The average Bonchev–Trinajstić information content (AvgIpc) is 3.38. The normalized spacial score (nSPS) is 38.5. The number of ether oxygens (including phenoxy) is 1. The van der Waals surface area contributed by atoms with E-state index in [0.29, 0.717) is 47.7 Å². The molecular formula is C41H54O3. The van der Waals surface area contributed by atoms with Gasteiger partial charge in [-0.25, -0.2) is 0 Å². The van der Waals surface area contributed by atoms with Crippen molar-refractivity contribution in [3.05, 3.63) is 77.9 Å². The van der Waals surface area contributed by atoms with Gasteiger partial charge in [-0.2, -0.15) is 0 Å². The molecule has 3 nitrogen and oxygen atoms in total. The SMILES string of the molecule is CC[C@H]1C(OC(C)=O)C2C3CC[C@H]([C@H](C)CC=C(c4ccccc4)c4ccccc4)[C@@]3(C)C(=O)CC2[C@@]2(C)CC[C@@H](C)C[C@@H]12. The molecule has 2 aromatic carbocycles. The highest BCUT2D eigenvalue weighted by atomic mass is 16.5. The molecule has 0 N–H and O–H groups in total. The third-order valence-corrected chi connectivity index (χ3v) is 13.4. The van der Waals surface area contributed by atoms with Crippen molar-refractivity contribution in [3.63, 3.8) is 0 Å². The van der Waals surface area contributed by atoms with E-state index in [9.17, 15) is 9.59 Å². The smallest absolute Gasteiger partial charge is 0.302 e. The molecule has 0 aliphatic heterocycles. The minimum Gasteiger partial charge on any atom is -0.462 e. The van der Waals surface area contributed by atoms with Crippen LogP contribution < -0.4 is 0 Å². The first kappa shape index (κ1) is 31.3. The fourth-order valence-electron chi connectivity index (χ4n) is 11.3. The quantitative estimate of drug-likeness (QED) is 0.300. The van der Waals surface area contributed by atoms with Crippen molar-refractivity contribution < 1.29 is 14.3 Å². The predicted octanol–water partition coefficient (Wildman–Crippen LogP) is 9.80. The van der Waals surface area contributed by atoms with Crippen LogP contribution in [0.15, 0.2) is 66.7 Å². The average molecular weight is 595 g/mol. The summed E-state index contributed by atoms with van der Waals surface area (Å²) < 4.78 is 6.39. The fraction of sp³-hybridized carbons (Fsp3) is 0.610. The van der Waals surface area contributed by atoms with Crippen LogP contribution in [0.2, 0.25) is 0 Å². The Labute approximate surface area is 266 Å². The number of Topliss-reactive ketones (excluding diaryl/α,β-unsaturated/α-hetero) is 1. The van der Waals surface area contributed by atoms with Crippen molar-refractivity contribution in [3.8, 4) is 0 Å². The summed E-state index contributed by atoms with van der Waals surface area (Å²) in [6.07, 6.45) is 10.8. The molecular weight excluding hydrogens is 540 g/mol. The minimum absolute atomic E-state index is 0.0694. The van der Waals surface area contributed by atoms with Gasteiger partial charge in [0, 0.05) is 24.7 Å². The van der Waals surface area contributed by atoms with Crippen molar-refractivity contribution in [1.29, 1.82) is 0 Å². The Bertz CT molecular complexity index is 1320. The van der Waals surface area contributed by atoms with Gasteiger partial charge in [0.2, 0.25) is 0 Å². The van der Waals surface area contributed by atoms with Crippen LogP contribution in [0.5, 0.6) is 0 Å². The lowest BCUT2D eigenvalue weighted by atomic mass is 9.40. The Kier molecular flexibility index (Phi) is 8.72. The maximum absolute atomic E-state index is 14.6. The molecule has 236 valence electrons. The van der Waals surface area contributed by atoms with E-state index >= 15 is 0 Å². The number of esters is 1. The molecule has 0 spiro atoms. The molecule has 6 rings (SSSR count). The van der Waals surface area contributed by atoms with Gasteiger partial charge in [0.15, 0.2) is 0 Å². The fourth-order valence-corrected chi connectivity index (χ4v) is 11.3. The van der Waals surface area contributed by atoms with Crippen molar-refractivity contribution in [2.75, 3.05) is 0 Å². The largest absolute Gasteiger partial charge is 0.462 e. The maximum Gasteiger partial charge on any atom is 0.302 e. The minimum atomic E-state index is -0.365.